The summed E-state index contributed by atoms with van der Waals surface area (Å²) in [6, 6.07) is 10.6. The molecular formula is C32H33F3N6O3. The first kappa shape index (κ1) is 29.6. The lowest BCUT2D eigenvalue weighted by atomic mass is 10.0. The molecule has 4 aromatic rings. The summed E-state index contributed by atoms with van der Waals surface area (Å²) in [6.07, 6.45) is -1.47. The van der Waals surface area contributed by atoms with Crippen molar-refractivity contribution in [2.45, 2.75) is 32.5 Å². The second-order valence-corrected chi connectivity index (χ2v) is 11.4. The van der Waals surface area contributed by atoms with Crippen molar-refractivity contribution in [2.75, 3.05) is 50.4 Å². The number of amides is 1. The number of piperazine rings is 1. The molecule has 0 aliphatic carbocycles. The van der Waals surface area contributed by atoms with Gasteiger partial charge in [-0.15, -0.1) is 0 Å². The van der Waals surface area contributed by atoms with Crippen molar-refractivity contribution >= 4 is 17.3 Å². The zero-order valence-electron chi connectivity index (χ0n) is 24.7. The standard InChI is InChI=1S/C32H33F3N6O3/c1-19-4-5-21(14-26(19)44-31-28-27(20(2)16-36-28)38-29(39-31)23-8-13-43-18-23)30(42)37-24-7-6-22(25(15-24)32(33,34)35)17-41-11-9-40(3)10-12-41/h4-8,13-15,18,20,36H,9-12,16-17H2,1-3H3,(H,37,42). The Kier molecular flexibility index (Phi) is 8.04. The summed E-state index contributed by atoms with van der Waals surface area (Å²) in [4.78, 5) is 26.7. The average molecular weight is 607 g/mol. The van der Waals surface area contributed by atoms with Crippen molar-refractivity contribution in [1.82, 2.24) is 19.8 Å². The number of anilines is 2. The van der Waals surface area contributed by atoms with E-state index >= 15 is 0 Å². The molecule has 6 rings (SSSR count). The third kappa shape index (κ3) is 6.27. The van der Waals surface area contributed by atoms with E-state index in [9.17, 15) is 18.0 Å². The van der Waals surface area contributed by atoms with Crippen LogP contribution >= 0.6 is 0 Å². The minimum atomic E-state index is -4.56. The predicted octanol–water partition coefficient (Wildman–Crippen LogP) is 6.38. The maximum atomic E-state index is 14.1. The Morgan fingerprint density at radius 3 is 2.64 bits per heavy atom. The van der Waals surface area contributed by atoms with E-state index in [1.54, 1.807) is 36.8 Å². The van der Waals surface area contributed by atoms with Crippen LogP contribution in [0.3, 0.4) is 0 Å². The summed E-state index contributed by atoms with van der Waals surface area (Å²) in [5.74, 6) is 0.715. The Labute approximate surface area is 253 Å². The fourth-order valence-corrected chi connectivity index (χ4v) is 5.39. The van der Waals surface area contributed by atoms with Gasteiger partial charge in [-0.1, -0.05) is 19.1 Å². The van der Waals surface area contributed by atoms with E-state index in [-0.39, 0.29) is 29.3 Å². The van der Waals surface area contributed by atoms with Crippen molar-refractivity contribution in [3.05, 3.63) is 82.9 Å². The van der Waals surface area contributed by atoms with Crippen LogP contribution in [-0.4, -0.2) is 65.4 Å². The molecule has 1 amide bonds. The molecule has 1 saturated heterocycles. The molecule has 0 saturated carbocycles. The molecular weight excluding hydrogens is 573 g/mol. The van der Waals surface area contributed by atoms with Crippen LogP contribution in [0.2, 0.25) is 0 Å². The average Bonchev–Trinajstić information content (AvgIpc) is 3.66. The van der Waals surface area contributed by atoms with E-state index in [0.717, 1.165) is 30.4 Å². The number of carbonyl (C=O) groups excluding carboxylic acids is 1. The molecule has 0 spiro atoms. The third-order valence-corrected chi connectivity index (χ3v) is 8.05. The molecule has 0 bridgehead atoms. The van der Waals surface area contributed by atoms with Crippen molar-refractivity contribution in [3.8, 4) is 23.0 Å². The second-order valence-electron chi connectivity index (χ2n) is 11.4. The third-order valence-electron chi connectivity index (χ3n) is 8.05. The summed E-state index contributed by atoms with van der Waals surface area (Å²) in [5, 5.41) is 5.93. The molecule has 2 aliphatic rings. The van der Waals surface area contributed by atoms with Gasteiger partial charge in [-0.25, -0.2) is 4.98 Å². The number of likely N-dealkylation sites (N-methyl/N-ethyl adjacent to an activating group) is 1. The van der Waals surface area contributed by atoms with Crippen LogP contribution in [0.5, 0.6) is 11.6 Å². The number of nitrogens with one attached hydrogen (secondary N) is 2. The van der Waals surface area contributed by atoms with E-state index in [1.165, 1.54) is 12.1 Å². The fourth-order valence-electron chi connectivity index (χ4n) is 5.39. The van der Waals surface area contributed by atoms with E-state index < -0.39 is 17.6 Å². The Hall–Kier alpha value is -4.42. The van der Waals surface area contributed by atoms with Crippen LogP contribution in [0.25, 0.3) is 11.4 Å². The topological polar surface area (TPSA) is 95.8 Å². The SMILES string of the molecule is Cc1ccc(C(=O)Nc2ccc(CN3CCN(C)CC3)c(C(F)(F)F)c2)cc1Oc1nc(-c2ccoc2)nc2c1NCC2C. The lowest BCUT2D eigenvalue weighted by Crippen LogP contribution is -2.44. The Balaban J connectivity index is 1.23. The van der Waals surface area contributed by atoms with Crippen LogP contribution < -0.4 is 15.4 Å². The number of benzene rings is 2. The molecule has 4 heterocycles. The molecule has 1 atom stereocenters. The van der Waals surface area contributed by atoms with Crippen molar-refractivity contribution in [3.63, 3.8) is 0 Å². The van der Waals surface area contributed by atoms with E-state index in [2.05, 4.69) is 20.5 Å². The van der Waals surface area contributed by atoms with Gasteiger partial charge in [0, 0.05) is 56.4 Å². The van der Waals surface area contributed by atoms with Gasteiger partial charge < -0.3 is 24.7 Å². The fraction of sp³-hybridized carbons (Fsp3) is 0.344. The minimum Gasteiger partial charge on any atom is -0.472 e. The first-order chi connectivity index (χ1) is 21.0. The molecule has 2 aromatic carbocycles. The zero-order valence-corrected chi connectivity index (χ0v) is 24.7. The lowest BCUT2D eigenvalue weighted by Gasteiger charge is -2.33. The molecule has 0 radical (unpaired) electrons. The number of ether oxygens (including phenoxy) is 1. The summed E-state index contributed by atoms with van der Waals surface area (Å²) in [6.45, 7) is 7.75. The summed E-state index contributed by atoms with van der Waals surface area (Å²) >= 11 is 0. The molecule has 44 heavy (non-hydrogen) atoms. The van der Waals surface area contributed by atoms with Crippen LogP contribution in [0.1, 0.15) is 45.6 Å². The van der Waals surface area contributed by atoms with Gasteiger partial charge in [-0.05, 0) is 55.4 Å². The second kappa shape index (κ2) is 11.9. The van der Waals surface area contributed by atoms with E-state index in [4.69, 9.17) is 14.1 Å². The highest BCUT2D eigenvalue weighted by Gasteiger charge is 2.34. The molecule has 2 aliphatic heterocycles. The largest absolute Gasteiger partial charge is 0.472 e. The van der Waals surface area contributed by atoms with E-state index in [1.807, 2.05) is 25.8 Å². The van der Waals surface area contributed by atoms with Gasteiger partial charge in [0.15, 0.2) is 5.82 Å². The molecule has 2 N–H and O–H groups in total. The van der Waals surface area contributed by atoms with Crippen molar-refractivity contribution < 1.29 is 27.1 Å². The maximum absolute atomic E-state index is 14.1. The Bertz CT molecular complexity index is 1670. The Morgan fingerprint density at radius 2 is 1.91 bits per heavy atom. The first-order valence-corrected chi connectivity index (χ1v) is 14.4. The summed E-state index contributed by atoms with van der Waals surface area (Å²) in [7, 11) is 2.00. The normalized spacial score (nSPS) is 17.3. The highest BCUT2D eigenvalue weighted by molar-refractivity contribution is 6.04. The number of aryl methyl sites for hydroxylation is 1. The number of halogens is 3. The quantitative estimate of drug-likeness (QED) is 0.250. The lowest BCUT2D eigenvalue weighted by molar-refractivity contribution is -0.138. The number of fused-ring (bicyclic) bond motifs is 1. The van der Waals surface area contributed by atoms with Gasteiger partial charge in [0.1, 0.15) is 17.7 Å². The molecule has 12 heteroatoms. The Morgan fingerprint density at radius 1 is 1.11 bits per heavy atom. The smallest absolute Gasteiger partial charge is 0.416 e. The molecule has 9 nitrogen and oxygen atoms in total. The number of hydrogen-bond acceptors (Lipinski definition) is 8. The molecule has 230 valence electrons. The molecule has 2 aromatic heterocycles. The summed E-state index contributed by atoms with van der Waals surface area (Å²) in [5.41, 5.74) is 2.65. The van der Waals surface area contributed by atoms with Gasteiger partial charge in [-0.2, -0.15) is 18.2 Å². The number of alkyl halides is 3. The number of nitrogens with zero attached hydrogens (tertiary/aromatic N) is 4. The number of carbonyl (C=O) groups is 1. The van der Waals surface area contributed by atoms with Gasteiger partial charge in [-0.3, -0.25) is 9.69 Å². The maximum Gasteiger partial charge on any atom is 0.416 e. The molecule has 1 fully saturated rings. The molecule has 1 unspecified atom stereocenters. The van der Waals surface area contributed by atoms with Gasteiger partial charge in [0.05, 0.1) is 23.1 Å². The first-order valence-electron chi connectivity index (χ1n) is 14.4. The van der Waals surface area contributed by atoms with Crippen molar-refractivity contribution in [1.29, 1.82) is 0 Å². The monoisotopic (exact) mass is 606 g/mol. The number of aromatic nitrogens is 2. The highest BCUT2D eigenvalue weighted by atomic mass is 19.4. The van der Waals surface area contributed by atoms with Gasteiger partial charge in [0.2, 0.25) is 5.88 Å². The number of rotatable bonds is 7. The van der Waals surface area contributed by atoms with Gasteiger partial charge in [0.25, 0.3) is 5.91 Å². The van der Waals surface area contributed by atoms with Crippen LogP contribution in [0, 0.1) is 6.92 Å². The minimum absolute atomic E-state index is 0.0593. The number of furan rings is 1. The van der Waals surface area contributed by atoms with Crippen LogP contribution in [-0.2, 0) is 12.7 Å². The highest BCUT2D eigenvalue weighted by Crippen LogP contribution is 2.40. The number of hydrogen-bond donors (Lipinski definition) is 2. The van der Waals surface area contributed by atoms with Crippen molar-refractivity contribution in [2.24, 2.45) is 0 Å². The van der Waals surface area contributed by atoms with Crippen LogP contribution in [0.15, 0.2) is 59.4 Å². The van der Waals surface area contributed by atoms with Crippen LogP contribution in [0.4, 0.5) is 24.5 Å². The summed E-state index contributed by atoms with van der Waals surface area (Å²) < 4.78 is 53.7. The van der Waals surface area contributed by atoms with E-state index in [0.29, 0.717) is 48.3 Å². The predicted molar refractivity (Wildman–Crippen MR) is 160 cm³/mol. The zero-order chi connectivity index (χ0) is 31.0. The van der Waals surface area contributed by atoms with Gasteiger partial charge >= 0.3 is 6.18 Å².